The third kappa shape index (κ3) is 4.22. The maximum atomic E-state index is 13.1. The predicted molar refractivity (Wildman–Crippen MR) is 74.7 cm³/mol. The summed E-state index contributed by atoms with van der Waals surface area (Å²) in [5.41, 5.74) is 5.23. The average molecular weight is 315 g/mol. The van der Waals surface area contributed by atoms with E-state index in [9.17, 15) is 17.6 Å². The fourth-order valence-corrected chi connectivity index (χ4v) is 2.79. The van der Waals surface area contributed by atoms with Crippen LogP contribution in [0.1, 0.15) is 11.1 Å². The molecule has 0 heterocycles. The van der Waals surface area contributed by atoms with Crippen molar-refractivity contribution in [2.75, 3.05) is 6.54 Å². The molecule has 0 fully saturated rings. The van der Waals surface area contributed by atoms with E-state index in [-0.39, 0.29) is 4.90 Å². The number of hydrogen-bond acceptors (Lipinski definition) is 2. The average Bonchev–Trinajstić information content (AvgIpc) is 2.42. The van der Waals surface area contributed by atoms with Gasteiger partial charge < -0.3 is 5.73 Å². The third-order valence-electron chi connectivity index (χ3n) is 2.82. The Kier molecular flexibility index (Phi) is 4.90. The molecule has 0 aliphatic rings. The molecule has 0 radical (unpaired) electrons. The quantitative estimate of drug-likeness (QED) is 0.841. The van der Waals surface area contributed by atoms with Crippen molar-refractivity contribution < 1.29 is 17.6 Å². The van der Waals surface area contributed by atoms with Crippen molar-refractivity contribution in [3.05, 3.63) is 59.4 Å². The van der Waals surface area contributed by atoms with Gasteiger partial charge in [0, 0.05) is 9.79 Å². The van der Waals surface area contributed by atoms with Gasteiger partial charge in [-0.3, -0.25) is 0 Å². The Balaban J connectivity index is 2.35. The topological polar surface area (TPSA) is 26.0 Å². The van der Waals surface area contributed by atoms with E-state index in [2.05, 4.69) is 0 Å². The van der Waals surface area contributed by atoms with Gasteiger partial charge in [-0.15, -0.1) is 0 Å². The Hall–Kier alpha value is -1.53. The zero-order chi connectivity index (χ0) is 15.5. The molecule has 0 saturated heterocycles. The van der Waals surface area contributed by atoms with Crippen LogP contribution >= 0.6 is 11.8 Å². The minimum atomic E-state index is -4.44. The minimum absolute atomic E-state index is 0.0925. The molecule has 0 amide bonds. The zero-order valence-corrected chi connectivity index (χ0v) is 11.8. The Bertz CT molecular complexity index is 608. The highest BCUT2D eigenvalue weighted by molar-refractivity contribution is 7.99. The number of rotatable bonds is 4. The molecule has 21 heavy (non-hydrogen) atoms. The second-order valence-corrected chi connectivity index (χ2v) is 5.54. The molecule has 2 aromatic carbocycles. The SMILES string of the molecule is NCCc1ccc(Sc2ccc(F)cc2)c(C(F)(F)F)c1. The lowest BCUT2D eigenvalue weighted by Gasteiger charge is -2.14. The lowest BCUT2D eigenvalue weighted by Crippen LogP contribution is -2.09. The fourth-order valence-electron chi connectivity index (χ4n) is 1.84. The molecule has 2 N–H and O–H groups in total. The summed E-state index contributed by atoms with van der Waals surface area (Å²) < 4.78 is 52.2. The maximum Gasteiger partial charge on any atom is 0.417 e. The third-order valence-corrected chi connectivity index (χ3v) is 3.91. The fraction of sp³-hybridized carbons (Fsp3) is 0.200. The minimum Gasteiger partial charge on any atom is -0.330 e. The first kappa shape index (κ1) is 15.9. The highest BCUT2D eigenvalue weighted by Gasteiger charge is 2.33. The van der Waals surface area contributed by atoms with Crippen LogP contribution in [0.5, 0.6) is 0 Å². The van der Waals surface area contributed by atoms with E-state index in [1.54, 1.807) is 6.07 Å². The van der Waals surface area contributed by atoms with Gasteiger partial charge in [0.25, 0.3) is 0 Å². The Morgan fingerprint density at radius 2 is 1.67 bits per heavy atom. The van der Waals surface area contributed by atoms with E-state index in [1.165, 1.54) is 30.3 Å². The summed E-state index contributed by atoms with van der Waals surface area (Å²) in [5, 5.41) is 0. The predicted octanol–water partition coefficient (Wildman–Crippen LogP) is 4.50. The van der Waals surface area contributed by atoms with E-state index >= 15 is 0 Å². The van der Waals surface area contributed by atoms with Crippen LogP contribution in [0.15, 0.2) is 52.3 Å². The van der Waals surface area contributed by atoms with Gasteiger partial charge in [-0.1, -0.05) is 17.8 Å². The summed E-state index contributed by atoms with van der Waals surface area (Å²) in [6.07, 6.45) is -4.04. The van der Waals surface area contributed by atoms with E-state index in [1.807, 2.05) is 0 Å². The standard InChI is InChI=1S/C15H13F4NS/c16-11-2-4-12(5-3-11)21-14-6-1-10(7-8-20)9-13(14)15(17,18)19/h1-6,9H,7-8,20H2. The Labute approximate surface area is 124 Å². The van der Waals surface area contributed by atoms with Gasteiger partial charge in [0.05, 0.1) is 5.56 Å². The molecule has 0 aliphatic heterocycles. The molecule has 0 atom stereocenters. The molecule has 0 bridgehead atoms. The normalized spacial score (nSPS) is 11.7. The Morgan fingerprint density at radius 3 is 2.24 bits per heavy atom. The van der Waals surface area contributed by atoms with Crippen LogP contribution in [-0.2, 0) is 12.6 Å². The molecule has 0 spiro atoms. The second kappa shape index (κ2) is 6.49. The zero-order valence-electron chi connectivity index (χ0n) is 11.0. The van der Waals surface area contributed by atoms with Crippen molar-refractivity contribution in [1.82, 2.24) is 0 Å². The van der Waals surface area contributed by atoms with Crippen molar-refractivity contribution in [1.29, 1.82) is 0 Å². The summed E-state index contributed by atoms with van der Waals surface area (Å²) in [6, 6.07) is 9.53. The highest BCUT2D eigenvalue weighted by atomic mass is 32.2. The lowest BCUT2D eigenvalue weighted by atomic mass is 10.1. The molecule has 112 valence electrons. The van der Waals surface area contributed by atoms with Gasteiger partial charge in [-0.05, 0) is 54.9 Å². The largest absolute Gasteiger partial charge is 0.417 e. The molecular weight excluding hydrogens is 302 g/mol. The van der Waals surface area contributed by atoms with E-state index in [0.29, 0.717) is 23.4 Å². The van der Waals surface area contributed by atoms with Crippen LogP contribution < -0.4 is 5.73 Å². The van der Waals surface area contributed by atoms with Crippen molar-refractivity contribution in [3.8, 4) is 0 Å². The second-order valence-electron chi connectivity index (χ2n) is 4.42. The van der Waals surface area contributed by atoms with Crippen LogP contribution in [0.4, 0.5) is 17.6 Å². The molecule has 2 rings (SSSR count). The van der Waals surface area contributed by atoms with Gasteiger partial charge in [0.1, 0.15) is 5.82 Å². The first-order chi connectivity index (χ1) is 9.90. The number of benzene rings is 2. The monoisotopic (exact) mass is 315 g/mol. The van der Waals surface area contributed by atoms with Crippen LogP contribution in [0, 0.1) is 5.82 Å². The summed E-state index contributed by atoms with van der Waals surface area (Å²) in [7, 11) is 0. The molecule has 0 saturated carbocycles. The van der Waals surface area contributed by atoms with Gasteiger partial charge in [-0.25, -0.2) is 4.39 Å². The van der Waals surface area contributed by atoms with Gasteiger partial charge in [-0.2, -0.15) is 13.2 Å². The van der Waals surface area contributed by atoms with Crippen molar-refractivity contribution in [2.45, 2.75) is 22.4 Å². The molecule has 6 heteroatoms. The molecule has 1 nitrogen and oxygen atoms in total. The van der Waals surface area contributed by atoms with Crippen molar-refractivity contribution >= 4 is 11.8 Å². The molecule has 0 aliphatic carbocycles. The highest BCUT2D eigenvalue weighted by Crippen LogP contribution is 2.40. The van der Waals surface area contributed by atoms with Crippen molar-refractivity contribution in [3.63, 3.8) is 0 Å². The van der Waals surface area contributed by atoms with Gasteiger partial charge in [0.2, 0.25) is 0 Å². The molecule has 2 aromatic rings. The van der Waals surface area contributed by atoms with Crippen LogP contribution in [0.3, 0.4) is 0 Å². The number of nitrogens with two attached hydrogens (primary N) is 1. The number of hydrogen-bond donors (Lipinski definition) is 1. The van der Waals surface area contributed by atoms with Crippen LogP contribution in [-0.4, -0.2) is 6.54 Å². The van der Waals surface area contributed by atoms with E-state index in [0.717, 1.165) is 17.8 Å². The maximum absolute atomic E-state index is 13.1. The molecular formula is C15H13F4NS. The number of halogens is 4. The summed E-state index contributed by atoms with van der Waals surface area (Å²) >= 11 is 0.959. The van der Waals surface area contributed by atoms with Gasteiger partial charge >= 0.3 is 6.18 Å². The van der Waals surface area contributed by atoms with Crippen molar-refractivity contribution in [2.24, 2.45) is 5.73 Å². The Morgan fingerprint density at radius 1 is 1.00 bits per heavy atom. The summed E-state index contributed by atoms with van der Waals surface area (Å²) in [6.45, 7) is 0.293. The first-order valence-corrected chi connectivity index (χ1v) is 7.05. The summed E-state index contributed by atoms with van der Waals surface area (Å²) in [5.74, 6) is -0.423. The summed E-state index contributed by atoms with van der Waals surface area (Å²) in [4.78, 5) is 0.642. The van der Waals surface area contributed by atoms with Crippen LogP contribution in [0.2, 0.25) is 0 Å². The molecule has 0 aromatic heterocycles. The molecule has 0 unspecified atom stereocenters. The van der Waals surface area contributed by atoms with Crippen LogP contribution in [0.25, 0.3) is 0 Å². The smallest absolute Gasteiger partial charge is 0.330 e. The number of alkyl halides is 3. The lowest BCUT2D eigenvalue weighted by molar-refractivity contribution is -0.139. The van der Waals surface area contributed by atoms with Gasteiger partial charge in [0.15, 0.2) is 0 Å². The van der Waals surface area contributed by atoms with E-state index in [4.69, 9.17) is 5.73 Å². The first-order valence-electron chi connectivity index (χ1n) is 6.24. The van der Waals surface area contributed by atoms with E-state index < -0.39 is 17.6 Å².